The molecule has 178 valence electrons. The minimum Gasteiger partial charge on any atom is -0.494 e. The summed E-state index contributed by atoms with van der Waals surface area (Å²) in [6.45, 7) is 1.95. The van der Waals surface area contributed by atoms with Crippen molar-refractivity contribution >= 4 is 49.7 Å². The molecule has 0 spiro atoms. The summed E-state index contributed by atoms with van der Waals surface area (Å²) < 4.78 is 33.8. The van der Waals surface area contributed by atoms with Gasteiger partial charge in [-0.15, -0.1) is 0 Å². The zero-order valence-electron chi connectivity index (χ0n) is 18.3. The number of nitrogens with zero attached hydrogens (tertiary/aromatic N) is 2. The number of carbonyl (C=O) groups excluding carboxylic acids is 1. The largest absolute Gasteiger partial charge is 0.494 e. The number of ether oxygens (including phenoxy) is 1. The number of sulfonamides is 1. The quantitative estimate of drug-likeness (QED) is 0.282. The Morgan fingerprint density at radius 2 is 1.76 bits per heavy atom. The monoisotopic (exact) mass is 563 g/mol. The number of amides is 1. The Bertz CT molecular complexity index is 1250. The summed E-state index contributed by atoms with van der Waals surface area (Å²) in [5.74, 6) is 0.145. The van der Waals surface area contributed by atoms with Crippen LogP contribution in [0, 0.1) is 0 Å². The van der Waals surface area contributed by atoms with Gasteiger partial charge >= 0.3 is 0 Å². The predicted octanol–water partition coefficient (Wildman–Crippen LogP) is 4.84. The number of hydrazone groups is 1. The first-order valence-corrected chi connectivity index (χ1v) is 12.9. The van der Waals surface area contributed by atoms with Gasteiger partial charge in [-0.25, -0.2) is 13.8 Å². The molecule has 0 unspecified atom stereocenters. The summed E-state index contributed by atoms with van der Waals surface area (Å²) >= 11 is 9.54. The van der Waals surface area contributed by atoms with E-state index in [1.165, 1.54) is 18.3 Å². The van der Waals surface area contributed by atoms with Crippen LogP contribution in [-0.4, -0.2) is 38.0 Å². The molecule has 0 aliphatic heterocycles. The van der Waals surface area contributed by atoms with Crippen LogP contribution in [0.5, 0.6) is 5.75 Å². The predicted molar refractivity (Wildman–Crippen MR) is 137 cm³/mol. The smallest absolute Gasteiger partial charge is 0.255 e. The maximum atomic E-state index is 13.3. The van der Waals surface area contributed by atoms with Crippen LogP contribution in [0.2, 0.25) is 5.02 Å². The lowest BCUT2D eigenvalue weighted by Gasteiger charge is -2.22. The summed E-state index contributed by atoms with van der Waals surface area (Å²) in [5.41, 5.74) is 3.72. The van der Waals surface area contributed by atoms with Crippen molar-refractivity contribution in [2.24, 2.45) is 5.10 Å². The minimum absolute atomic E-state index is 0.0634. The van der Waals surface area contributed by atoms with Crippen LogP contribution >= 0.6 is 27.5 Å². The van der Waals surface area contributed by atoms with Gasteiger partial charge in [0.05, 0.1) is 24.3 Å². The molecule has 0 saturated heterocycles. The van der Waals surface area contributed by atoms with E-state index in [-0.39, 0.29) is 11.4 Å². The number of hydrogen-bond donors (Lipinski definition) is 1. The summed E-state index contributed by atoms with van der Waals surface area (Å²) in [5, 5.41) is 4.35. The number of hydrogen-bond acceptors (Lipinski definition) is 5. The third-order valence-corrected chi connectivity index (χ3v) is 7.37. The summed E-state index contributed by atoms with van der Waals surface area (Å²) in [6.07, 6.45) is 1.47. The van der Waals surface area contributed by atoms with Gasteiger partial charge < -0.3 is 4.74 Å². The van der Waals surface area contributed by atoms with Crippen LogP contribution < -0.4 is 10.2 Å². The molecule has 0 saturated carbocycles. The second-order valence-corrected chi connectivity index (χ2v) is 10.4. The van der Waals surface area contributed by atoms with Crippen molar-refractivity contribution in [3.8, 4) is 5.75 Å². The van der Waals surface area contributed by atoms with Gasteiger partial charge in [0.25, 0.3) is 5.91 Å². The summed E-state index contributed by atoms with van der Waals surface area (Å²) in [6, 6.07) is 20.3. The highest BCUT2D eigenvalue weighted by Crippen LogP contribution is 2.23. The Labute approximate surface area is 212 Å². The van der Waals surface area contributed by atoms with E-state index >= 15 is 0 Å². The SMILES string of the molecule is CCOc1ccc(/C=N/NC(=O)CN(Cc2ccccc2Cl)S(=O)(=O)c2ccc(Br)cc2)cc1. The Kier molecular flexibility index (Phi) is 9.23. The maximum Gasteiger partial charge on any atom is 0.255 e. The fourth-order valence-corrected chi connectivity index (χ4v) is 4.82. The maximum absolute atomic E-state index is 13.3. The Hall–Kier alpha value is -2.72. The van der Waals surface area contributed by atoms with Crippen molar-refractivity contribution in [3.63, 3.8) is 0 Å². The fourth-order valence-electron chi connectivity index (χ4n) is 2.99. The molecular weight excluding hydrogens is 542 g/mol. The average molecular weight is 565 g/mol. The molecule has 0 aromatic heterocycles. The van der Waals surface area contributed by atoms with Gasteiger partial charge in [-0.1, -0.05) is 45.7 Å². The van der Waals surface area contributed by atoms with E-state index in [1.54, 1.807) is 60.7 Å². The molecule has 3 rings (SSSR count). The van der Waals surface area contributed by atoms with Crippen LogP contribution in [-0.2, 0) is 21.4 Å². The minimum atomic E-state index is -3.99. The first kappa shape index (κ1) is 25.9. The van der Waals surface area contributed by atoms with Gasteiger partial charge in [-0.2, -0.15) is 9.41 Å². The van der Waals surface area contributed by atoms with Crippen LogP contribution in [0.1, 0.15) is 18.1 Å². The van der Waals surface area contributed by atoms with Gasteiger partial charge in [0.2, 0.25) is 10.0 Å². The summed E-state index contributed by atoms with van der Waals surface area (Å²) in [7, 11) is -3.99. The lowest BCUT2D eigenvalue weighted by molar-refractivity contribution is -0.121. The van der Waals surface area contributed by atoms with Crippen LogP contribution in [0.3, 0.4) is 0 Å². The third-order valence-electron chi connectivity index (χ3n) is 4.67. The van der Waals surface area contributed by atoms with Gasteiger partial charge in [0.15, 0.2) is 0 Å². The van der Waals surface area contributed by atoms with Crippen LogP contribution in [0.25, 0.3) is 0 Å². The molecule has 7 nitrogen and oxygen atoms in total. The number of carbonyl (C=O) groups is 1. The molecule has 1 amide bonds. The molecular formula is C24H23BrClN3O4S. The molecule has 34 heavy (non-hydrogen) atoms. The highest BCUT2D eigenvalue weighted by molar-refractivity contribution is 9.10. The second kappa shape index (κ2) is 12.1. The lowest BCUT2D eigenvalue weighted by atomic mass is 10.2. The fraction of sp³-hybridized carbons (Fsp3) is 0.167. The van der Waals surface area contributed by atoms with E-state index in [0.29, 0.717) is 17.2 Å². The highest BCUT2D eigenvalue weighted by Gasteiger charge is 2.27. The van der Waals surface area contributed by atoms with E-state index in [1.807, 2.05) is 6.92 Å². The Morgan fingerprint density at radius 1 is 1.09 bits per heavy atom. The normalized spacial score (nSPS) is 11.6. The topological polar surface area (TPSA) is 88.1 Å². The molecule has 10 heteroatoms. The van der Waals surface area contributed by atoms with E-state index in [0.717, 1.165) is 20.1 Å². The molecule has 0 bridgehead atoms. The van der Waals surface area contributed by atoms with Crippen molar-refractivity contribution in [2.75, 3.05) is 13.2 Å². The van der Waals surface area contributed by atoms with Crippen molar-refractivity contribution in [1.82, 2.24) is 9.73 Å². The molecule has 1 N–H and O–H groups in total. The number of benzene rings is 3. The number of rotatable bonds is 10. The molecule has 0 atom stereocenters. The summed E-state index contributed by atoms with van der Waals surface area (Å²) in [4.78, 5) is 12.7. The first-order chi connectivity index (χ1) is 16.3. The average Bonchev–Trinajstić information content (AvgIpc) is 2.81. The van der Waals surface area contributed by atoms with Gasteiger partial charge in [0.1, 0.15) is 5.75 Å². The van der Waals surface area contributed by atoms with E-state index in [2.05, 4.69) is 26.5 Å². The Balaban J connectivity index is 1.75. The zero-order valence-corrected chi connectivity index (χ0v) is 21.5. The van der Waals surface area contributed by atoms with Crippen molar-refractivity contribution in [2.45, 2.75) is 18.4 Å². The molecule has 0 radical (unpaired) electrons. The van der Waals surface area contributed by atoms with Gasteiger partial charge in [-0.05, 0) is 72.6 Å². The Morgan fingerprint density at radius 3 is 2.41 bits per heavy atom. The van der Waals surface area contributed by atoms with Crippen molar-refractivity contribution in [1.29, 1.82) is 0 Å². The van der Waals surface area contributed by atoms with E-state index in [4.69, 9.17) is 16.3 Å². The molecule has 3 aromatic carbocycles. The van der Waals surface area contributed by atoms with Crippen LogP contribution in [0.15, 0.2) is 87.3 Å². The highest BCUT2D eigenvalue weighted by atomic mass is 79.9. The molecule has 0 aliphatic carbocycles. The van der Waals surface area contributed by atoms with Crippen molar-refractivity contribution in [3.05, 3.63) is 93.4 Å². The number of halogens is 2. The zero-order chi connectivity index (χ0) is 24.6. The lowest BCUT2D eigenvalue weighted by Crippen LogP contribution is -2.39. The second-order valence-electron chi connectivity index (χ2n) is 7.11. The molecule has 3 aromatic rings. The van der Waals surface area contributed by atoms with Crippen LogP contribution in [0.4, 0.5) is 0 Å². The third kappa shape index (κ3) is 7.14. The molecule has 0 fully saturated rings. The number of nitrogens with one attached hydrogen (secondary N) is 1. The van der Waals surface area contributed by atoms with E-state index in [9.17, 15) is 13.2 Å². The first-order valence-electron chi connectivity index (χ1n) is 10.3. The molecule has 0 aliphatic rings. The standard InChI is InChI=1S/C24H23BrClN3O4S/c1-2-33-21-11-7-18(8-12-21)15-27-28-24(30)17-29(16-19-5-3-4-6-23(19)26)34(31,32)22-13-9-20(25)10-14-22/h3-15H,2,16-17H2,1H3,(H,28,30)/b27-15+. The van der Waals surface area contributed by atoms with Gasteiger partial charge in [0, 0.05) is 16.0 Å². The van der Waals surface area contributed by atoms with E-state index < -0.39 is 22.5 Å². The van der Waals surface area contributed by atoms with Crippen molar-refractivity contribution < 1.29 is 17.9 Å². The van der Waals surface area contributed by atoms with Gasteiger partial charge in [-0.3, -0.25) is 4.79 Å². The molecule has 0 heterocycles.